The molecular weight excluding hydrogens is 208 g/mol. The van der Waals surface area contributed by atoms with E-state index in [1.54, 1.807) is 0 Å². The van der Waals surface area contributed by atoms with Gasteiger partial charge in [-0.3, -0.25) is 0 Å². The minimum atomic E-state index is 0.912. The van der Waals surface area contributed by atoms with Gasteiger partial charge in [-0.2, -0.15) is 0 Å². The molecule has 1 aromatic rings. The van der Waals surface area contributed by atoms with Gasteiger partial charge in [-0.1, -0.05) is 6.07 Å². The molecule has 0 radical (unpaired) electrons. The number of aryl methyl sites for hydroxylation is 2. The van der Waals surface area contributed by atoms with E-state index in [-0.39, 0.29) is 0 Å². The highest BCUT2D eigenvalue weighted by molar-refractivity contribution is 5.48. The van der Waals surface area contributed by atoms with Gasteiger partial charge < -0.3 is 10.6 Å². The average Bonchev–Trinajstić information content (AvgIpc) is 2.29. The van der Waals surface area contributed by atoms with Crippen LogP contribution in [0.25, 0.3) is 0 Å². The van der Waals surface area contributed by atoms with Crippen molar-refractivity contribution in [2.24, 2.45) is 5.92 Å². The summed E-state index contributed by atoms with van der Waals surface area (Å²) >= 11 is 0. The molecule has 1 aliphatic rings. The van der Waals surface area contributed by atoms with Gasteiger partial charge in [0.15, 0.2) is 0 Å². The highest BCUT2D eigenvalue weighted by atomic mass is 14.9. The van der Waals surface area contributed by atoms with Crippen LogP contribution in [0, 0.1) is 19.8 Å². The van der Waals surface area contributed by atoms with E-state index in [2.05, 4.69) is 42.7 Å². The maximum absolute atomic E-state index is 3.55. The van der Waals surface area contributed by atoms with E-state index in [1.165, 1.54) is 49.2 Å². The van der Waals surface area contributed by atoms with Crippen molar-refractivity contribution in [2.75, 3.05) is 25.0 Å². The Bertz CT molecular complexity index is 334. The molecule has 2 N–H and O–H groups in total. The predicted molar refractivity (Wildman–Crippen MR) is 74.6 cm³/mol. The van der Waals surface area contributed by atoms with Crippen molar-refractivity contribution in [1.29, 1.82) is 0 Å². The van der Waals surface area contributed by atoms with Gasteiger partial charge in [0.05, 0.1) is 0 Å². The van der Waals surface area contributed by atoms with Crippen molar-refractivity contribution in [2.45, 2.75) is 33.1 Å². The molecule has 17 heavy (non-hydrogen) atoms. The summed E-state index contributed by atoms with van der Waals surface area (Å²) in [4.78, 5) is 0. The van der Waals surface area contributed by atoms with Crippen LogP contribution in [0.15, 0.2) is 18.2 Å². The zero-order chi connectivity index (χ0) is 12.1. The summed E-state index contributed by atoms with van der Waals surface area (Å²) in [6.07, 6.45) is 3.98. The van der Waals surface area contributed by atoms with E-state index in [1.807, 2.05) is 0 Å². The van der Waals surface area contributed by atoms with Crippen molar-refractivity contribution < 1.29 is 0 Å². The standard InChI is InChI=1S/C15H24N2/c1-12-9-13(2)11-15(10-12)17-8-5-14-3-6-16-7-4-14/h9-11,14,16-17H,3-8H2,1-2H3. The summed E-state index contributed by atoms with van der Waals surface area (Å²) in [5.41, 5.74) is 3.96. The predicted octanol–water partition coefficient (Wildman–Crippen LogP) is 3.11. The first-order valence-electron chi connectivity index (χ1n) is 6.77. The van der Waals surface area contributed by atoms with E-state index in [0.29, 0.717) is 0 Å². The molecule has 0 amide bonds. The fourth-order valence-electron chi connectivity index (χ4n) is 2.67. The molecule has 0 spiro atoms. The third kappa shape index (κ3) is 4.04. The summed E-state index contributed by atoms with van der Waals surface area (Å²) in [6.45, 7) is 7.83. The Hall–Kier alpha value is -1.02. The normalized spacial score (nSPS) is 17.1. The van der Waals surface area contributed by atoms with E-state index < -0.39 is 0 Å². The van der Waals surface area contributed by atoms with Gasteiger partial charge in [0.25, 0.3) is 0 Å². The fourth-order valence-corrected chi connectivity index (χ4v) is 2.67. The Kier molecular flexibility index (Phi) is 4.43. The van der Waals surface area contributed by atoms with Crippen molar-refractivity contribution in [3.63, 3.8) is 0 Å². The number of hydrogen-bond acceptors (Lipinski definition) is 2. The van der Waals surface area contributed by atoms with Gasteiger partial charge in [-0.25, -0.2) is 0 Å². The Labute approximate surface area is 105 Å². The molecule has 0 aliphatic carbocycles. The smallest absolute Gasteiger partial charge is 0.0345 e. The second kappa shape index (κ2) is 6.06. The molecule has 2 nitrogen and oxygen atoms in total. The fraction of sp³-hybridized carbons (Fsp3) is 0.600. The van der Waals surface area contributed by atoms with Crippen LogP contribution in [0.2, 0.25) is 0 Å². The van der Waals surface area contributed by atoms with Crippen molar-refractivity contribution >= 4 is 5.69 Å². The van der Waals surface area contributed by atoms with Crippen LogP contribution in [0.1, 0.15) is 30.4 Å². The molecule has 0 unspecified atom stereocenters. The molecule has 0 atom stereocenters. The van der Waals surface area contributed by atoms with Crippen LogP contribution in [0.4, 0.5) is 5.69 Å². The van der Waals surface area contributed by atoms with E-state index >= 15 is 0 Å². The molecule has 0 bridgehead atoms. The molecule has 1 aromatic carbocycles. The molecule has 1 aliphatic heterocycles. The highest BCUT2D eigenvalue weighted by Gasteiger charge is 2.11. The molecule has 0 aromatic heterocycles. The van der Waals surface area contributed by atoms with Crippen LogP contribution in [0.3, 0.4) is 0 Å². The van der Waals surface area contributed by atoms with Crippen LogP contribution in [-0.2, 0) is 0 Å². The minimum absolute atomic E-state index is 0.912. The number of anilines is 1. The third-order valence-electron chi connectivity index (χ3n) is 3.56. The number of piperidine rings is 1. The van der Waals surface area contributed by atoms with Crippen molar-refractivity contribution in [3.8, 4) is 0 Å². The maximum Gasteiger partial charge on any atom is 0.0345 e. The third-order valence-corrected chi connectivity index (χ3v) is 3.56. The molecule has 2 rings (SSSR count). The molecular formula is C15H24N2. The van der Waals surface area contributed by atoms with Gasteiger partial charge in [0, 0.05) is 12.2 Å². The number of hydrogen-bond donors (Lipinski definition) is 2. The summed E-state index contributed by atoms with van der Waals surface area (Å²) < 4.78 is 0. The topological polar surface area (TPSA) is 24.1 Å². The van der Waals surface area contributed by atoms with E-state index in [0.717, 1.165) is 12.5 Å². The number of benzene rings is 1. The van der Waals surface area contributed by atoms with Gasteiger partial charge in [-0.05, 0) is 75.4 Å². The first-order chi connectivity index (χ1) is 8.24. The lowest BCUT2D eigenvalue weighted by Crippen LogP contribution is -2.28. The molecule has 1 saturated heterocycles. The van der Waals surface area contributed by atoms with Crippen LogP contribution < -0.4 is 10.6 Å². The van der Waals surface area contributed by atoms with Gasteiger partial charge in [0.1, 0.15) is 0 Å². The number of nitrogens with one attached hydrogen (secondary N) is 2. The van der Waals surface area contributed by atoms with Gasteiger partial charge >= 0.3 is 0 Å². The second-order valence-electron chi connectivity index (χ2n) is 5.29. The van der Waals surface area contributed by atoms with Crippen LogP contribution in [0.5, 0.6) is 0 Å². The summed E-state index contributed by atoms with van der Waals surface area (Å²) in [5.74, 6) is 0.912. The van der Waals surface area contributed by atoms with Gasteiger partial charge in [-0.15, -0.1) is 0 Å². The zero-order valence-corrected chi connectivity index (χ0v) is 11.1. The average molecular weight is 232 g/mol. The van der Waals surface area contributed by atoms with E-state index in [9.17, 15) is 0 Å². The van der Waals surface area contributed by atoms with E-state index in [4.69, 9.17) is 0 Å². The Morgan fingerprint density at radius 2 is 1.76 bits per heavy atom. The van der Waals surface area contributed by atoms with Gasteiger partial charge in [0.2, 0.25) is 0 Å². The lowest BCUT2D eigenvalue weighted by molar-refractivity contribution is 0.361. The second-order valence-corrected chi connectivity index (χ2v) is 5.29. The molecule has 1 fully saturated rings. The quantitative estimate of drug-likeness (QED) is 0.833. The van der Waals surface area contributed by atoms with Crippen molar-refractivity contribution in [1.82, 2.24) is 5.32 Å². The SMILES string of the molecule is Cc1cc(C)cc(NCCC2CCNCC2)c1. The molecule has 2 heteroatoms. The largest absolute Gasteiger partial charge is 0.385 e. The van der Waals surface area contributed by atoms with Crippen LogP contribution in [-0.4, -0.2) is 19.6 Å². The monoisotopic (exact) mass is 232 g/mol. The molecule has 94 valence electrons. The number of rotatable bonds is 4. The summed E-state index contributed by atoms with van der Waals surface area (Å²) in [6, 6.07) is 6.68. The van der Waals surface area contributed by atoms with Crippen LogP contribution >= 0.6 is 0 Å². The van der Waals surface area contributed by atoms with Crippen molar-refractivity contribution in [3.05, 3.63) is 29.3 Å². The Morgan fingerprint density at radius 3 is 2.41 bits per heavy atom. The first-order valence-corrected chi connectivity index (χ1v) is 6.77. The first kappa shape index (κ1) is 12.4. The molecule has 1 heterocycles. The summed E-state index contributed by atoms with van der Waals surface area (Å²) in [7, 11) is 0. The Balaban J connectivity index is 1.77. The lowest BCUT2D eigenvalue weighted by Gasteiger charge is -2.22. The molecule has 0 saturated carbocycles. The summed E-state index contributed by atoms with van der Waals surface area (Å²) in [5, 5.41) is 6.97. The highest BCUT2D eigenvalue weighted by Crippen LogP contribution is 2.17. The zero-order valence-electron chi connectivity index (χ0n) is 11.1. The Morgan fingerprint density at radius 1 is 1.12 bits per heavy atom. The lowest BCUT2D eigenvalue weighted by atomic mass is 9.95. The minimum Gasteiger partial charge on any atom is -0.385 e. The maximum atomic E-state index is 3.55.